The third-order valence-electron chi connectivity index (χ3n) is 4.19. The van der Waals surface area contributed by atoms with Crippen LogP contribution < -0.4 is 10.1 Å². The maximum atomic E-state index is 12.3. The van der Waals surface area contributed by atoms with Crippen LogP contribution in [0.3, 0.4) is 0 Å². The Bertz CT molecular complexity index is 978. The Kier molecular flexibility index (Phi) is 3.78. The summed E-state index contributed by atoms with van der Waals surface area (Å²) in [4.78, 5) is 16.5. The van der Waals surface area contributed by atoms with Gasteiger partial charge in [-0.05, 0) is 41.5 Å². The van der Waals surface area contributed by atoms with Crippen LogP contribution in [-0.4, -0.2) is 18.0 Å². The predicted molar refractivity (Wildman–Crippen MR) is 99.2 cm³/mol. The second-order valence-corrected chi connectivity index (χ2v) is 5.74. The number of hydrogen-bond donors (Lipinski definition) is 1. The number of amides is 1. The Morgan fingerprint density at radius 2 is 1.84 bits per heavy atom. The minimum atomic E-state index is -0.134. The molecule has 4 rings (SSSR count). The number of fused-ring (bicyclic) bond motifs is 1. The topological polar surface area (TPSA) is 51.2 Å². The highest BCUT2D eigenvalue weighted by atomic mass is 16.5. The van der Waals surface area contributed by atoms with Gasteiger partial charge in [-0.1, -0.05) is 36.4 Å². The first-order valence-electron chi connectivity index (χ1n) is 7.98. The smallest absolute Gasteiger partial charge is 0.257 e. The van der Waals surface area contributed by atoms with Gasteiger partial charge in [0.1, 0.15) is 11.6 Å². The molecule has 2 aromatic carbocycles. The van der Waals surface area contributed by atoms with Crippen LogP contribution in [0.5, 0.6) is 5.75 Å². The van der Waals surface area contributed by atoms with Gasteiger partial charge in [-0.15, -0.1) is 0 Å². The molecule has 4 heteroatoms. The lowest BCUT2D eigenvalue weighted by atomic mass is 9.99. The van der Waals surface area contributed by atoms with Gasteiger partial charge in [0.25, 0.3) is 5.91 Å². The zero-order chi connectivity index (χ0) is 17.2. The number of benzene rings is 2. The lowest BCUT2D eigenvalue weighted by molar-refractivity contribution is -0.110. The van der Waals surface area contributed by atoms with Gasteiger partial charge in [0.15, 0.2) is 0 Å². The van der Waals surface area contributed by atoms with Crippen LogP contribution in [-0.2, 0) is 4.79 Å². The minimum Gasteiger partial charge on any atom is -0.496 e. The largest absolute Gasteiger partial charge is 0.496 e. The Hall–Kier alpha value is -3.40. The summed E-state index contributed by atoms with van der Waals surface area (Å²) in [7, 11) is 1.66. The van der Waals surface area contributed by atoms with Crippen molar-refractivity contribution in [3.63, 3.8) is 0 Å². The molecule has 1 aliphatic heterocycles. The fourth-order valence-electron chi connectivity index (χ4n) is 2.99. The summed E-state index contributed by atoms with van der Waals surface area (Å²) in [6, 6.07) is 19.7. The third-order valence-corrected chi connectivity index (χ3v) is 4.19. The summed E-state index contributed by atoms with van der Waals surface area (Å²) in [5.41, 5.74) is 4.43. The van der Waals surface area contributed by atoms with Crippen molar-refractivity contribution in [1.29, 1.82) is 0 Å². The van der Waals surface area contributed by atoms with Crippen molar-refractivity contribution >= 4 is 23.4 Å². The minimum absolute atomic E-state index is 0.134. The summed E-state index contributed by atoms with van der Waals surface area (Å²) in [5, 5.41) is 2.79. The third kappa shape index (κ3) is 2.78. The Balaban J connectivity index is 1.81. The molecule has 0 spiro atoms. The Morgan fingerprint density at radius 1 is 1.00 bits per heavy atom. The van der Waals surface area contributed by atoms with Crippen LogP contribution in [0.4, 0.5) is 5.82 Å². The van der Waals surface area contributed by atoms with Crippen molar-refractivity contribution < 1.29 is 9.53 Å². The number of carbonyl (C=O) groups is 1. The quantitative estimate of drug-likeness (QED) is 0.731. The molecule has 0 saturated heterocycles. The number of carbonyl (C=O) groups excluding carboxylic acids is 1. The van der Waals surface area contributed by atoms with Crippen molar-refractivity contribution in [1.82, 2.24) is 4.98 Å². The number of hydrogen-bond acceptors (Lipinski definition) is 3. The molecule has 4 nitrogen and oxygen atoms in total. The van der Waals surface area contributed by atoms with E-state index in [1.54, 1.807) is 13.3 Å². The fraction of sp³-hybridized carbons (Fsp3) is 0.0476. The Labute approximate surface area is 145 Å². The van der Waals surface area contributed by atoms with Crippen molar-refractivity contribution in [3.05, 3.63) is 78.0 Å². The number of anilines is 1. The molecule has 0 radical (unpaired) electrons. The summed E-state index contributed by atoms with van der Waals surface area (Å²) < 4.78 is 5.49. The van der Waals surface area contributed by atoms with E-state index in [1.807, 2.05) is 66.7 Å². The van der Waals surface area contributed by atoms with Gasteiger partial charge in [0.05, 0.1) is 12.7 Å². The van der Waals surface area contributed by atoms with Gasteiger partial charge < -0.3 is 10.1 Å². The first-order valence-corrected chi connectivity index (χ1v) is 7.98. The van der Waals surface area contributed by atoms with Crippen LogP contribution >= 0.6 is 0 Å². The summed E-state index contributed by atoms with van der Waals surface area (Å²) in [5.74, 6) is 1.27. The second kappa shape index (κ2) is 6.24. The maximum Gasteiger partial charge on any atom is 0.257 e. The standard InChI is InChI=1S/C21H16N2O2/c1-25-19-10-9-14(12-17(19)15-6-3-2-4-7-15)13-18-16-8-5-11-22-20(16)23-21(18)24/h2-13H,1H3,(H,22,23,24)/b18-13-. The first kappa shape index (κ1) is 15.1. The van der Waals surface area contributed by atoms with Gasteiger partial charge in [-0.2, -0.15) is 0 Å². The van der Waals surface area contributed by atoms with Gasteiger partial charge >= 0.3 is 0 Å². The van der Waals surface area contributed by atoms with Crippen molar-refractivity contribution in [2.45, 2.75) is 0 Å². The first-order chi connectivity index (χ1) is 12.3. The van der Waals surface area contributed by atoms with Crippen LogP contribution in [0.1, 0.15) is 11.1 Å². The molecule has 0 bridgehead atoms. The van der Waals surface area contributed by atoms with E-state index in [0.29, 0.717) is 11.4 Å². The lowest BCUT2D eigenvalue weighted by Crippen LogP contribution is -2.04. The SMILES string of the molecule is COc1ccc(/C=C2\C(=O)Nc3ncccc32)cc1-c1ccccc1. The monoisotopic (exact) mass is 328 g/mol. The van der Waals surface area contributed by atoms with E-state index in [-0.39, 0.29) is 5.91 Å². The van der Waals surface area contributed by atoms with E-state index in [2.05, 4.69) is 10.3 Å². The van der Waals surface area contributed by atoms with Gasteiger partial charge in [0, 0.05) is 17.3 Å². The number of nitrogens with zero attached hydrogens (tertiary/aromatic N) is 1. The molecule has 0 aliphatic carbocycles. The zero-order valence-corrected chi connectivity index (χ0v) is 13.7. The van der Waals surface area contributed by atoms with Crippen molar-refractivity contribution in [3.8, 4) is 16.9 Å². The molecule has 1 amide bonds. The molecule has 0 unspecified atom stereocenters. The molecular formula is C21H16N2O2. The summed E-state index contributed by atoms with van der Waals surface area (Å²) >= 11 is 0. The zero-order valence-electron chi connectivity index (χ0n) is 13.7. The predicted octanol–water partition coefficient (Wildman–Crippen LogP) is 4.25. The molecule has 122 valence electrons. The molecule has 0 atom stereocenters. The molecule has 0 saturated carbocycles. The van der Waals surface area contributed by atoms with E-state index in [4.69, 9.17) is 4.74 Å². The molecule has 1 aromatic heterocycles. The maximum absolute atomic E-state index is 12.3. The average molecular weight is 328 g/mol. The van der Waals surface area contributed by atoms with E-state index >= 15 is 0 Å². The molecule has 25 heavy (non-hydrogen) atoms. The van der Waals surface area contributed by atoms with E-state index in [9.17, 15) is 4.79 Å². The fourth-order valence-corrected chi connectivity index (χ4v) is 2.99. The van der Waals surface area contributed by atoms with Crippen molar-refractivity contribution in [2.24, 2.45) is 0 Å². The molecule has 2 heterocycles. The van der Waals surface area contributed by atoms with Crippen molar-refractivity contribution in [2.75, 3.05) is 12.4 Å². The molecule has 1 N–H and O–H groups in total. The van der Waals surface area contributed by atoms with Gasteiger partial charge in [-0.3, -0.25) is 4.79 Å². The van der Waals surface area contributed by atoms with Crippen LogP contribution in [0.25, 0.3) is 22.8 Å². The van der Waals surface area contributed by atoms with E-state index < -0.39 is 0 Å². The molecule has 1 aliphatic rings. The van der Waals surface area contributed by atoms with Crippen LogP contribution in [0.2, 0.25) is 0 Å². The number of nitrogens with one attached hydrogen (secondary N) is 1. The lowest BCUT2D eigenvalue weighted by Gasteiger charge is -2.10. The van der Waals surface area contributed by atoms with E-state index in [0.717, 1.165) is 28.0 Å². The Morgan fingerprint density at radius 3 is 2.64 bits per heavy atom. The number of rotatable bonds is 3. The molecular weight excluding hydrogens is 312 g/mol. The molecule has 3 aromatic rings. The highest BCUT2D eigenvalue weighted by molar-refractivity contribution is 6.34. The number of pyridine rings is 1. The second-order valence-electron chi connectivity index (χ2n) is 5.74. The highest BCUT2D eigenvalue weighted by Crippen LogP contribution is 2.34. The van der Waals surface area contributed by atoms with Crippen LogP contribution in [0.15, 0.2) is 66.9 Å². The van der Waals surface area contributed by atoms with Crippen LogP contribution in [0, 0.1) is 0 Å². The number of ether oxygens (including phenoxy) is 1. The van der Waals surface area contributed by atoms with Gasteiger partial charge in [-0.25, -0.2) is 4.98 Å². The van der Waals surface area contributed by atoms with Gasteiger partial charge in [0.2, 0.25) is 0 Å². The van der Waals surface area contributed by atoms with E-state index in [1.165, 1.54) is 0 Å². The average Bonchev–Trinajstić information content (AvgIpc) is 2.98. The number of aromatic nitrogens is 1. The summed E-state index contributed by atoms with van der Waals surface area (Å²) in [6.07, 6.45) is 3.55. The summed E-state index contributed by atoms with van der Waals surface area (Å²) in [6.45, 7) is 0. The molecule has 0 fully saturated rings. The highest BCUT2D eigenvalue weighted by Gasteiger charge is 2.24. The normalized spacial score (nSPS) is 14.3. The number of methoxy groups -OCH3 is 1.